The van der Waals surface area contributed by atoms with Gasteiger partial charge >= 0.3 is 0 Å². The molecular formula is C17H23N3O3. The zero-order valence-electron chi connectivity index (χ0n) is 13.9. The Balaban J connectivity index is 1.62. The monoisotopic (exact) mass is 317 g/mol. The van der Waals surface area contributed by atoms with Gasteiger partial charge in [-0.05, 0) is 38.3 Å². The van der Waals surface area contributed by atoms with Gasteiger partial charge in [-0.3, -0.25) is 9.59 Å². The van der Waals surface area contributed by atoms with Crippen LogP contribution in [0.5, 0.6) is 5.88 Å². The number of amides is 2. The number of ether oxygens (including phenoxy) is 1. The summed E-state index contributed by atoms with van der Waals surface area (Å²) in [6.45, 7) is 4.81. The van der Waals surface area contributed by atoms with Crippen LogP contribution in [-0.2, 0) is 16.1 Å². The lowest BCUT2D eigenvalue weighted by Crippen LogP contribution is -2.33. The van der Waals surface area contributed by atoms with Crippen molar-refractivity contribution in [3.05, 3.63) is 22.9 Å². The van der Waals surface area contributed by atoms with E-state index in [2.05, 4.69) is 10.3 Å². The molecule has 6 heteroatoms. The van der Waals surface area contributed by atoms with Gasteiger partial charge in [0.1, 0.15) is 0 Å². The van der Waals surface area contributed by atoms with Crippen molar-refractivity contribution in [1.82, 2.24) is 15.2 Å². The van der Waals surface area contributed by atoms with Gasteiger partial charge in [0, 0.05) is 36.8 Å². The SMILES string of the molecule is COc1nc(C)cc(C)c1CNC(=O)[C@@H]1CC(=O)N(C2CC2)C1. The average Bonchev–Trinajstić information content (AvgIpc) is 3.27. The van der Waals surface area contributed by atoms with Crippen molar-refractivity contribution in [2.45, 2.75) is 45.7 Å². The summed E-state index contributed by atoms with van der Waals surface area (Å²) in [6.07, 6.45) is 2.47. The zero-order valence-corrected chi connectivity index (χ0v) is 13.9. The van der Waals surface area contributed by atoms with Gasteiger partial charge < -0.3 is 15.0 Å². The van der Waals surface area contributed by atoms with Crippen molar-refractivity contribution in [2.75, 3.05) is 13.7 Å². The predicted molar refractivity (Wildman–Crippen MR) is 85.0 cm³/mol. The first-order valence-electron chi connectivity index (χ1n) is 8.08. The molecule has 0 aromatic carbocycles. The Labute approximate surface area is 136 Å². The minimum atomic E-state index is -0.243. The highest BCUT2D eigenvalue weighted by molar-refractivity contribution is 5.89. The smallest absolute Gasteiger partial charge is 0.225 e. The third-order valence-electron chi connectivity index (χ3n) is 4.59. The molecular weight excluding hydrogens is 294 g/mol. The fourth-order valence-corrected chi connectivity index (χ4v) is 3.18. The Morgan fingerprint density at radius 1 is 1.43 bits per heavy atom. The number of rotatable bonds is 5. The lowest BCUT2D eigenvalue weighted by molar-refractivity contribution is -0.129. The normalized spacial score (nSPS) is 20.7. The lowest BCUT2D eigenvalue weighted by atomic mass is 10.1. The minimum absolute atomic E-state index is 0.0662. The van der Waals surface area contributed by atoms with Crippen LogP contribution in [0.2, 0.25) is 0 Å². The molecule has 6 nitrogen and oxygen atoms in total. The summed E-state index contributed by atoms with van der Waals surface area (Å²) in [4.78, 5) is 30.5. The van der Waals surface area contributed by atoms with Crippen molar-refractivity contribution in [3.8, 4) is 5.88 Å². The molecule has 0 radical (unpaired) electrons. The molecule has 1 saturated carbocycles. The third-order valence-corrected chi connectivity index (χ3v) is 4.59. The standard InChI is InChI=1S/C17H23N3O3/c1-10-6-11(2)19-17(23-3)14(10)8-18-16(22)12-7-15(21)20(9-12)13-4-5-13/h6,12-13H,4-5,7-9H2,1-3H3,(H,18,22)/t12-/m1/s1. The highest BCUT2D eigenvalue weighted by Gasteiger charge is 2.41. The number of aromatic nitrogens is 1. The van der Waals surface area contributed by atoms with E-state index in [-0.39, 0.29) is 17.7 Å². The highest BCUT2D eigenvalue weighted by atomic mass is 16.5. The van der Waals surface area contributed by atoms with Gasteiger partial charge in [-0.2, -0.15) is 0 Å². The maximum Gasteiger partial charge on any atom is 0.225 e. The van der Waals surface area contributed by atoms with Gasteiger partial charge in [0.15, 0.2) is 0 Å². The molecule has 2 heterocycles. The molecule has 0 bridgehead atoms. The van der Waals surface area contributed by atoms with Crippen molar-refractivity contribution < 1.29 is 14.3 Å². The van der Waals surface area contributed by atoms with Gasteiger partial charge in [0.05, 0.1) is 13.0 Å². The second-order valence-electron chi connectivity index (χ2n) is 6.46. The van der Waals surface area contributed by atoms with Crippen LogP contribution >= 0.6 is 0 Å². The number of methoxy groups -OCH3 is 1. The van der Waals surface area contributed by atoms with Crippen LogP contribution in [0.3, 0.4) is 0 Å². The first-order valence-corrected chi connectivity index (χ1v) is 8.08. The number of carbonyl (C=O) groups excluding carboxylic acids is 2. The number of pyridine rings is 1. The Morgan fingerprint density at radius 2 is 2.17 bits per heavy atom. The fraction of sp³-hybridized carbons (Fsp3) is 0.588. The van der Waals surface area contributed by atoms with Crippen LogP contribution in [0.1, 0.15) is 36.1 Å². The number of hydrogen-bond acceptors (Lipinski definition) is 4. The van der Waals surface area contributed by atoms with E-state index in [1.54, 1.807) is 7.11 Å². The third kappa shape index (κ3) is 3.30. The van der Waals surface area contributed by atoms with Gasteiger partial charge in [-0.15, -0.1) is 0 Å². The maximum absolute atomic E-state index is 12.4. The molecule has 2 aliphatic rings. The summed E-state index contributed by atoms with van der Waals surface area (Å²) >= 11 is 0. The summed E-state index contributed by atoms with van der Waals surface area (Å²) in [5, 5.41) is 2.94. The molecule has 1 aromatic heterocycles. The molecule has 2 fully saturated rings. The van der Waals surface area contributed by atoms with E-state index in [1.165, 1.54) is 0 Å². The first kappa shape index (κ1) is 15.8. The Kier molecular flexibility index (Phi) is 4.24. The molecule has 124 valence electrons. The fourth-order valence-electron chi connectivity index (χ4n) is 3.18. The van der Waals surface area contributed by atoms with Crippen LogP contribution in [0.4, 0.5) is 0 Å². The summed E-state index contributed by atoms with van der Waals surface area (Å²) in [5.74, 6) is 0.347. The second-order valence-corrected chi connectivity index (χ2v) is 6.46. The van der Waals surface area contributed by atoms with Crippen molar-refractivity contribution in [3.63, 3.8) is 0 Å². The summed E-state index contributed by atoms with van der Waals surface area (Å²) in [7, 11) is 1.58. The van der Waals surface area contributed by atoms with E-state index in [0.717, 1.165) is 29.7 Å². The molecule has 1 N–H and O–H groups in total. The number of aryl methyl sites for hydroxylation is 2. The van der Waals surface area contributed by atoms with Crippen molar-refractivity contribution in [2.24, 2.45) is 5.92 Å². The first-order chi connectivity index (χ1) is 11.0. The number of carbonyl (C=O) groups is 2. The van der Waals surface area contributed by atoms with Crippen LogP contribution in [0.15, 0.2) is 6.07 Å². The molecule has 2 amide bonds. The van der Waals surface area contributed by atoms with Gasteiger partial charge in [-0.25, -0.2) is 4.98 Å². The molecule has 23 heavy (non-hydrogen) atoms. The molecule has 3 rings (SSSR count). The van der Waals surface area contributed by atoms with Gasteiger partial charge in [0.25, 0.3) is 0 Å². The van der Waals surface area contributed by atoms with Gasteiger partial charge in [-0.1, -0.05) is 0 Å². The topological polar surface area (TPSA) is 71.5 Å². The lowest BCUT2D eigenvalue weighted by Gasteiger charge is -2.16. The molecule has 1 atom stereocenters. The largest absolute Gasteiger partial charge is 0.481 e. The van der Waals surface area contributed by atoms with Gasteiger partial charge in [0.2, 0.25) is 17.7 Å². The van der Waals surface area contributed by atoms with Crippen molar-refractivity contribution >= 4 is 11.8 Å². The maximum atomic E-state index is 12.4. The molecule has 1 saturated heterocycles. The molecule has 1 aliphatic heterocycles. The number of likely N-dealkylation sites (tertiary alicyclic amines) is 1. The van der Waals surface area contributed by atoms with Crippen molar-refractivity contribution in [1.29, 1.82) is 0 Å². The van der Waals surface area contributed by atoms with E-state index < -0.39 is 0 Å². The predicted octanol–water partition coefficient (Wildman–Crippen LogP) is 1.33. The summed E-state index contributed by atoms with van der Waals surface area (Å²) in [5.41, 5.74) is 2.81. The Hall–Kier alpha value is -2.11. The minimum Gasteiger partial charge on any atom is -0.481 e. The highest BCUT2D eigenvalue weighted by Crippen LogP contribution is 2.32. The van der Waals surface area contributed by atoms with E-state index in [0.29, 0.717) is 31.4 Å². The molecule has 0 spiro atoms. The van der Waals surface area contributed by atoms with Crippen LogP contribution in [-0.4, -0.2) is 41.4 Å². The Morgan fingerprint density at radius 3 is 2.83 bits per heavy atom. The van der Waals surface area contributed by atoms with Crippen LogP contribution in [0, 0.1) is 19.8 Å². The van der Waals surface area contributed by atoms with E-state index in [1.807, 2.05) is 24.8 Å². The van der Waals surface area contributed by atoms with E-state index in [9.17, 15) is 9.59 Å². The van der Waals surface area contributed by atoms with Crippen LogP contribution < -0.4 is 10.1 Å². The summed E-state index contributed by atoms with van der Waals surface area (Å²) < 4.78 is 5.31. The van der Waals surface area contributed by atoms with Crippen LogP contribution in [0.25, 0.3) is 0 Å². The Bertz CT molecular complexity index is 640. The summed E-state index contributed by atoms with van der Waals surface area (Å²) in [6, 6.07) is 2.35. The number of nitrogens with one attached hydrogen (secondary N) is 1. The quantitative estimate of drug-likeness (QED) is 0.889. The number of nitrogens with zero attached hydrogens (tertiary/aromatic N) is 2. The molecule has 1 aromatic rings. The second kappa shape index (κ2) is 6.18. The molecule has 1 aliphatic carbocycles. The number of hydrogen-bond donors (Lipinski definition) is 1. The molecule has 0 unspecified atom stereocenters. The average molecular weight is 317 g/mol. The van der Waals surface area contributed by atoms with E-state index in [4.69, 9.17) is 4.74 Å². The zero-order chi connectivity index (χ0) is 16.6. The van der Waals surface area contributed by atoms with E-state index >= 15 is 0 Å².